The van der Waals surface area contributed by atoms with Crippen LogP contribution in [0.5, 0.6) is 17.4 Å². The van der Waals surface area contributed by atoms with Gasteiger partial charge < -0.3 is 9.47 Å². The second-order valence-corrected chi connectivity index (χ2v) is 6.43. The Labute approximate surface area is 138 Å². The molecule has 4 rings (SSSR count). The Bertz CT molecular complexity index is 789. The fraction of sp³-hybridized carbons (Fsp3) is 0.353. The normalized spacial score (nSPS) is 19.9. The molecule has 1 aromatic carbocycles. The Balaban J connectivity index is 1.62. The Morgan fingerprint density at radius 2 is 2.09 bits per heavy atom. The summed E-state index contributed by atoms with van der Waals surface area (Å²) < 4.78 is 11.1. The molecule has 0 N–H and O–H groups in total. The monoisotopic (exact) mass is 330 g/mol. The van der Waals surface area contributed by atoms with E-state index in [-0.39, 0.29) is 11.9 Å². The average molecular weight is 331 g/mol. The van der Waals surface area contributed by atoms with Crippen molar-refractivity contribution in [1.82, 2.24) is 9.97 Å². The lowest BCUT2D eigenvalue weighted by Gasteiger charge is -2.21. The van der Waals surface area contributed by atoms with E-state index < -0.39 is 0 Å². The largest absolute Gasteiger partial charge is 0.439 e. The van der Waals surface area contributed by atoms with Gasteiger partial charge in [0.25, 0.3) is 0 Å². The van der Waals surface area contributed by atoms with E-state index in [1.807, 2.05) is 19.1 Å². The fourth-order valence-electron chi connectivity index (χ4n) is 2.71. The van der Waals surface area contributed by atoms with Gasteiger partial charge in [0, 0.05) is 18.1 Å². The number of hydrogen-bond acceptors (Lipinski definition) is 5. The van der Waals surface area contributed by atoms with Crippen LogP contribution in [0.3, 0.4) is 0 Å². The van der Waals surface area contributed by atoms with Crippen molar-refractivity contribution < 1.29 is 14.3 Å². The topological polar surface area (TPSA) is 61.3 Å². The minimum Gasteiger partial charge on any atom is -0.439 e. The summed E-state index contributed by atoms with van der Waals surface area (Å²) in [4.78, 5) is 20.2. The van der Waals surface area contributed by atoms with Gasteiger partial charge in [-0.3, -0.25) is 4.79 Å². The van der Waals surface area contributed by atoms with Gasteiger partial charge in [-0.25, -0.2) is 4.98 Å². The van der Waals surface area contributed by atoms with Crippen LogP contribution in [0.25, 0.3) is 0 Å². The summed E-state index contributed by atoms with van der Waals surface area (Å²) in [5, 5.41) is 0.370. The molecule has 1 aliphatic heterocycles. The lowest BCUT2D eigenvalue weighted by molar-refractivity contribution is -0.135. The van der Waals surface area contributed by atoms with Crippen LogP contribution in [0, 0.1) is 0 Å². The zero-order chi connectivity index (χ0) is 16.0. The molecule has 0 bridgehead atoms. The van der Waals surface area contributed by atoms with Crippen LogP contribution < -0.4 is 9.47 Å². The number of benzene rings is 1. The maximum Gasteiger partial charge on any atom is 0.311 e. The van der Waals surface area contributed by atoms with Crippen LogP contribution in [-0.2, 0) is 4.79 Å². The molecular weight excluding hydrogens is 316 g/mol. The third-order valence-electron chi connectivity index (χ3n) is 4.07. The minimum absolute atomic E-state index is 0.148. The van der Waals surface area contributed by atoms with Gasteiger partial charge in [-0.05, 0) is 30.4 Å². The molecule has 118 valence electrons. The number of esters is 1. The smallest absolute Gasteiger partial charge is 0.311 e. The summed E-state index contributed by atoms with van der Waals surface area (Å²) in [5.41, 5.74) is 1.01. The van der Waals surface area contributed by atoms with Gasteiger partial charge in [-0.2, -0.15) is 4.98 Å². The van der Waals surface area contributed by atoms with E-state index in [9.17, 15) is 4.79 Å². The van der Waals surface area contributed by atoms with Crippen molar-refractivity contribution in [1.29, 1.82) is 0 Å². The maximum absolute atomic E-state index is 11.6. The predicted molar refractivity (Wildman–Crippen MR) is 84.2 cm³/mol. The second kappa shape index (κ2) is 5.49. The highest BCUT2D eigenvalue weighted by Gasteiger charge is 2.28. The maximum atomic E-state index is 11.6. The van der Waals surface area contributed by atoms with Crippen molar-refractivity contribution in [3.8, 4) is 17.4 Å². The molecule has 2 heterocycles. The zero-order valence-electron chi connectivity index (χ0n) is 12.6. The molecule has 0 amide bonds. The van der Waals surface area contributed by atoms with Crippen molar-refractivity contribution in [2.45, 2.75) is 38.0 Å². The number of hydrogen-bond donors (Lipinski definition) is 0. The third-order valence-corrected chi connectivity index (χ3v) is 4.26. The summed E-state index contributed by atoms with van der Waals surface area (Å²) in [6, 6.07) is 7.07. The Hall–Kier alpha value is -2.14. The highest BCUT2D eigenvalue weighted by Crippen LogP contribution is 2.40. The van der Waals surface area contributed by atoms with E-state index in [0.717, 1.165) is 24.2 Å². The van der Waals surface area contributed by atoms with E-state index in [1.54, 1.807) is 12.1 Å². The third kappa shape index (κ3) is 3.01. The molecule has 1 atom stereocenters. The first-order valence-electron chi connectivity index (χ1n) is 7.65. The molecule has 0 radical (unpaired) electrons. The molecule has 1 aliphatic carbocycles. The van der Waals surface area contributed by atoms with Gasteiger partial charge in [0.05, 0.1) is 6.42 Å². The van der Waals surface area contributed by atoms with E-state index in [4.69, 9.17) is 21.1 Å². The molecule has 5 nitrogen and oxygen atoms in total. The summed E-state index contributed by atoms with van der Waals surface area (Å²) >= 11 is 6.04. The highest BCUT2D eigenvalue weighted by molar-refractivity contribution is 6.29. The van der Waals surface area contributed by atoms with E-state index in [1.165, 1.54) is 0 Å². The first-order valence-corrected chi connectivity index (χ1v) is 8.03. The van der Waals surface area contributed by atoms with Gasteiger partial charge in [-0.1, -0.05) is 24.6 Å². The molecule has 1 fully saturated rings. The molecule has 1 unspecified atom stereocenters. The highest BCUT2D eigenvalue weighted by atomic mass is 35.5. The fourth-order valence-corrected chi connectivity index (χ4v) is 2.89. The molecule has 1 saturated carbocycles. The van der Waals surface area contributed by atoms with Crippen LogP contribution in [-0.4, -0.2) is 15.9 Å². The number of ether oxygens (including phenoxy) is 2. The number of fused-ring (bicyclic) bond motifs is 1. The Morgan fingerprint density at radius 3 is 2.87 bits per heavy atom. The number of nitrogens with zero attached hydrogens (tertiary/aromatic N) is 2. The van der Waals surface area contributed by atoms with Crippen LogP contribution in [0.1, 0.15) is 49.4 Å². The molecule has 23 heavy (non-hydrogen) atoms. The van der Waals surface area contributed by atoms with Crippen molar-refractivity contribution in [2.24, 2.45) is 0 Å². The van der Waals surface area contributed by atoms with Crippen LogP contribution in [0.4, 0.5) is 0 Å². The van der Waals surface area contributed by atoms with Gasteiger partial charge in [0.2, 0.25) is 5.88 Å². The van der Waals surface area contributed by atoms with Crippen molar-refractivity contribution in [3.05, 3.63) is 40.8 Å². The number of carbonyl (C=O) groups is 1. The first kappa shape index (κ1) is 14.5. The first-order chi connectivity index (χ1) is 11.1. The summed E-state index contributed by atoms with van der Waals surface area (Å²) in [6.45, 7) is 2.01. The zero-order valence-corrected chi connectivity index (χ0v) is 13.3. The summed E-state index contributed by atoms with van der Waals surface area (Å²) in [5.74, 6) is 2.56. The summed E-state index contributed by atoms with van der Waals surface area (Å²) in [6.07, 6.45) is 2.58. The molecule has 1 aromatic heterocycles. The molecule has 0 spiro atoms. The number of aromatic nitrogens is 2. The lowest BCUT2D eigenvalue weighted by atomic mass is 9.95. The molecule has 2 aromatic rings. The Morgan fingerprint density at radius 1 is 1.26 bits per heavy atom. The standard InChI is InChI=1S/C17H15ClN2O3/c1-9-6-16(21)23-13-7-11(4-5-12(9)13)22-15-8-14(18)19-17(20-15)10-2-3-10/h4-5,7-10H,2-3,6H2,1H3. The second-order valence-electron chi connectivity index (χ2n) is 6.04. The van der Waals surface area contributed by atoms with Crippen molar-refractivity contribution >= 4 is 17.6 Å². The molecular formula is C17H15ClN2O3. The molecule has 6 heteroatoms. The molecule has 2 aliphatic rings. The van der Waals surface area contributed by atoms with Crippen LogP contribution in [0.2, 0.25) is 5.15 Å². The van der Waals surface area contributed by atoms with Gasteiger partial charge in [0.1, 0.15) is 22.5 Å². The van der Waals surface area contributed by atoms with Gasteiger partial charge in [-0.15, -0.1) is 0 Å². The minimum atomic E-state index is -0.219. The number of halogens is 1. The van der Waals surface area contributed by atoms with Crippen molar-refractivity contribution in [3.63, 3.8) is 0 Å². The number of rotatable bonds is 3. The van der Waals surface area contributed by atoms with Gasteiger partial charge >= 0.3 is 5.97 Å². The van der Waals surface area contributed by atoms with Crippen molar-refractivity contribution in [2.75, 3.05) is 0 Å². The lowest BCUT2D eigenvalue weighted by Crippen LogP contribution is -2.18. The summed E-state index contributed by atoms with van der Waals surface area (Å²) in [7, 11) is 0. The van der Waals surface area contributed by atoms with E-state index in [0.29, 0.717) is 34.9 Å². The van der Waals surface area contributed by atoms with E-state index in [2.05, 4.69) is 9.97 Å². The van der Waals surface area contributed by atoms with Gasteiger partial charge in [0.15, 0.2) is 0 Å². The number of carbonyl (C=O) groups excluding carboxylic acids is 1. The SMILES string of the molecule is CC1CC(=O)Oc2cc(Oc3cc(Cl)nc(C4CC4)n3)ccc21. The Kier molecular flexibility index (Phi) is 3.45. The average Bonchev–Trinajstić information content (AvgIpc) is 3.30. The quantitative estimate of drug-likeness (QED) is 0.479. The predicted octanol–water partition coefficient (Wildman–Crippen LogP) is 4.21. The van der Waals surface area contributed by atoms with Crippen LogP contribution >= 0.6 is 11.6 Å². The van der Waals surface area contributed by atoms with E-state index >= 15 is 0 Å². The molecule has 0 saturated heterocycles. The van der Waals surface area contributed by atoms with Crippen LogP contribution in [0.15, 0.2) is 24.3 Å².